The van der Waals surface area contributed by atoms with Crippen molar-refractivity contribution in [2.45, 2.75) is 0 Å². The van der Waals surface area contributed by atoms with E-state index in [1.807, 2.05) is 6.07 Å². The number of nitrogens with zero attached hydrogens (tertiary/aromatic N) is 5. The van der Waals surface area contributed by atoms with E-state index in [4.69, 9.17) is 16.9 Å². The van der Waals surface area contributed by atoms with Crippen LogP contribution in [0.5, 0.6) is 0 Å². The van der Waals surface area contributed by atoms with Gasteiger partial charge in [-0.05, 0) is 42.5 Å². The molecule has 0 unspecified atom stereocenters. The van der Waals surface area contributed by atoms with Crippen LogP contribution in [-0.2, 0) is 0 Å². The van der Waals surface area contributed by atoms with Gasteiger partial charge in [-0.15, -0.1) is 0 Å². The molecule has 120 valence electrons. The van der Waals surface area contributed by atoms with Crippen molar-refractivity contribution >= 4 is 17.2 Å². The summed E-state index contributed by atoms with van der Waals surface area (Å²) in [5.41, 5.74) is 2.76. The van der Waals surface area contributed by atoms with E-state index < -0.39 is 5.82 Å². The zero-order valence-corrected chi connectivity index (χ0v) is 13.4. The summed E-state index contributed by atoms with van der Waals surface area (Å²) in [6.45, 7) is 0. The molecule has 0 aliphatic rings. The lowest BCUT2D eigenvalue weighted by Crippen LogP contribution is -1.99. The second kappa shape index (κ2) is 5.96. The highest BCUT2D eigenvalue weighted by molar-refractivity contribution is 6.30. The molecule has 0 atom stereocenters. The van der Waals surface area contributed by atoms with E-state index >= 15 is 0 Å². The molecule has 0 saturated heterocycles. The van der Waals surface area contributed by atoms with Crippen molar-refractivity contribution in [1.29, 1.82) is 5.26 Å². The highest BCUT2D eigenvalue weighted by Crippen LogP contribution is 2.32. The molecule has 0 aliphatic carbocycles. The summed E-state index contributed by atoms with van der Waals surface area (Å²) in [6, 6.07) is 13.4. The lowest BCUT2D eigenvalue weighted by molar-refractivity contribution is 0.631. The first-order chi connectivity index (χ1) is 12.2. The maximum absolute atomic E-state index is 14.3. The maximum atomic E-state index is 14.3. The van der Waals surface area contributed by atoms with E-state index in [9.17, 15) is 4.39 Å². The zero-order chi connectivity index (χ0) is 17.4. The summed E-state index contributed by atoms with van der Waals surface area (Å²) in [5, 5.41) is 14.0. The topological polar surface area (TPSA) is 66.9 Å². The molecular weight excluding hydrogens is 341 g/mol. The Morgan fingerprint density at radius 1 is 1.08 bits per heavy atom. The Hall–Kier alpha value is -3.30. The highest BCUT2D eigenvalue weighted by Gasteiger charge is 2.15. The molecule has 0 bridgehead atoms. The van der Waals surface area contributed by atoms with Crippen molar-refractivity contribution in [2.24, 2.45) is 0 Å². The molecule has 0 saturated carbocycles. The fourth-order valence-electron chi connectivity index (χ4n) is 2.60. The van der Waals surface area contributed by atoms with E-state index in [1.54, 1.807) is 30.5 Å². The molecule has 0 amide bonds. The standard InChI is InChI=1S/C18H9ClFN5/c19-11-3-4-15(20)14(8-11)18-13(2-1-7-22-18)16-5-6-17-23-10-12(9-21)25(17)24-16/h1-8,10H. The van der Waals surface area contributed by atoms with Gasteiger partial charge in [0.25, 0.3) is 0 Å². The highest BCUT2D eigenvalue weighted by atomic mass is 35.5. The van der Waals surface area contributed by atoms with E-state index in [0.717, 1.165) is 0 Å². The second-order valence-corrected chi connectivity index (χ2v) is 5.70. The quantitative estimate of drug-likeness (QED) is 0.546. The molecule has 1 aromatic carbocycles. The van der Waals surface area contributed by atoms with Gasteiger partial charge in [-0.1, -0.05) is 11.6 Å². The van der Waals surface area contributed by atoms with Gasteiger partial charge in [0, 0.05) is 22.3 Å². The van der Waals surface area contributed by atoms with Crippen molar-refractivity contribution < 1.29 is 4.39 Å². The Kier molecular flexibility index (Phi) is 3.64. The summed E-state index contributed by atoms with van der Waals surface area (Å²) >= 11 is 6.01. The van der Waals surface area contributed by atoms with Crippen LogP contribution in [0.4, 0.5) is 4.39 Å². The number of halogens is 2. The molecule has 4 aromatic rings. The van der Waals surface area contributed by atoms with Gasteiger partial charge in [0.2, 0.25) is 0 Å². The largest absolute Gasteiger partial charge is 0.255 e. The third-order valence-corrected chi connectivity index (χ3v) is 3.98. The molecule has 25 heavy (non-hydrogen) atoms. The molecule has 7 heteroatoms. The molecule has 5 nitrogen and oxygen atoms in total. The Bertz CT molecular complexity index is 1150. The van der Waals surface area contributed by atoms with Gasteiger partial charge in [0.15, 0.2) is 11.3 Å². The number of aromatic nitrogens is 4. The lowest BCUT2D eigenvalue weighted by atomic mass is 10.0. The molecule has 0 N–H and O–H groups in total. The average molecular weight is 350 g/mol. The van der Waals surface area contributed by atoms with Crippen LogP contribution in [0.25, 0.3) is 28.2 Å². The van der Waals surface area contributed by atoms with Crippen LogP contribution < -0.4 is 0 Å². The number of hydrogen-bond acceptors (Lipinski definition) is 4. The van der Waals surface area contributed by atoms with Crippen molar-refractivity contribution in [3.63, 3.8) is 0 Å². The minimum absolute atomic E-state index is 0.288. The minimum Gasteiger partial charge on any atom is -0.255 e. The van der Waals surface area contributed by atoms with Crippen molar-refractivity contribution in [2.75, 3.05) is 0 Å². The fraction of sp³-hybridized carbons (Fsp3) is 0. The molecule has 4 rings (SSSR count). The smallest absolute Gasteiger partial charge is 0.162 e. The average Bonchev–Trinajstić information content (AvgIpc) is 3.06. The molecular formula is C18H9ClFN5. The molecule has 3 heterocycles. The number of imidazole rings is 1. The van der Waals surface area contributed by atoms with Crippen LogP contribution in [0.15, 0.2) is 54.9 Å². The van der Waals surface area contributed by atoms with Crippen LogP contribution in [0.3, 0.4) is 0 Å². The van der Waals surface area contributed by atoms with E-state index in [0.29, 0.717) is 33.3 Å². The summed E-state index contributed by atoms with van der Waals surface area (Å²) in [7, 11) is 0. The fourth-order valence-corrected chi connectivity index (χ4v) is 2.77. The predicted octanol–water partition coefficient (Wildman–Crippen LogP) is 4.12. The van der Waals surface area contributed by atoms with Crippen LogP contribution in [0.2, 0.25) is 5.02 Å². The van der Waals surface area contributed by atoms with E-state index in [-0.39, 0.29) is 5.56 Å². The second-order valence-electron chi connectivity index (χ2n) is 5.27. The van der Waals surface area contributed by atoms with Crippen LogP contribution in [0.1, 0.15) is 5.69 Å². The first-order valence-corrected chi connectivity index (χ1v) is 7.71. The van der Waals surface area contributed by atoms with Crippen molar-refractivity contribution in [3.8, 4) is 28.6 Å². The molecule has 0 fully saturated rings. The van der Waals surface area contributed by atoms with Crippen LogP contribution in [0, 0.1) is 17.1 Å². The van der Waals surface area contributed by atoms with Crippen LogP contribution >= 0.6 is 11.6 Å². The summed E-state index contributed by atoms with van der Waals surface area (Å²) in [6.07, 6.45) is 3.03. The molecule has 0 aliphatic heterocycles. The summed E-state index contributed by atoms with van der Waals surface area (Å²) in [4.78, 5) is 8.42. The first kappa shape index (κ1) is 15.2. The van der Waals surface area contributed by atoms with Crippen molar-refractivity contribution in [3.05, 3.63) is 71.4 Å². The molecule has 3 aromatic heterocycles. The van der Waals surface area contributed by atoms with Gasteiger partial charge in [-0.25, -0.2) is 13.9 Å². The third-order valence-electron chi connectivity index (χ3n) is 3.74. The summed E-state index contributed by atoms with van der Waals surface area (Å²) < 4.78 is 15.7. The van der Waals surface area contributed by atoms with Gasteiger partial charge < -0.3 is 0 Å². The van der Waals surface area contributed by atoms with Gasteiger partial charge >= 0.3 is 0 Å². The van der Waals surface area contributed by atoms with E-state index in [1.165, 1.54) is 28.9 Å². The predicted molar refractivity (Wildman–Crippen MR) is 91.3 cm³/mol. The normalized spacial score (nSPS) is 10.8. The third kappa shape index (κ3) is 2.61. The maximum Gasteiger partial charge on any atom is 0.162 e. The number of nitriles is 1. The van der Waals surface area contributed by atoms with Gasteiger partial charge in [0.05, 0.1) is 17.6 Å². The minimum atomic E-state index is -0.425. The number of fused-ring (bicyclic) bond motifs is 1. The number of rotatable bonds is 2. The zero-order valence-electron chi connectivity index (χ0n) is 12.7. The lowest BCUT2D eigenvalue weighted by Gasteiger charge is -2.10. The van der Waals surface area contributed by atoms with E-state index in [2.05, 4.69) is 15.1 Å². The Morgan fingerprint density at radius 2 is 1.96 bits per heavy atom. The van der Waals surface area contributed by atoms with Gasteiger partial charge in [-0.3, -0.25) is 4.98 Å². The Morgan fingerprint density at radius 3 is 2.80 bits per heavy atom. The summed E-state index contributed by atoms with van der Waals surface area (Å²) in [5.74, 6) is -0.425. The number of pyridine rings is 1. The van der Waals surface area contributed by atoms with Crippen LogP contribution in [-0.4, -0.2) is 19.6 Å². The monoisotopic (exact) mass is 349 g/mol. The Labute approximate surface area is 147 Å². The van der Waals surface area contributed by atoms with Crippen molar-refractivity contribution in [1.82, 2.24) is 19.6 Å². The first-order valence-electron chi connectivity index (χ1n) is 7.33. The van der Waals surface area contributed by atoms with Gasteiger partial charge in [-0.2, -0.15) is 10.4 Å². The number of hydrogen-bond donors (Lipinski definition) is 0. The number of benzene rings is 1. The molecule has 0 spiro atoms. The molecule has 0 radical (unpaired) electrons. The Balaban J connectivity index is 1.96. The SMILES string of the molecule is N#Cc1cnc2ccc(-c3cccnc3-c3cc(Cl)ccc3F)nn12. The van der Waals surface area contributed by atoms with Gasteiger partial charge in [0.1, 0.15) is 11.9 Å².